The van der Waals surface area contributed by atoms with Crippen molar-refractivity contribution in [3.8, 4) is 0 Å². The van der Waals surface area contributed by atoms with Crippen LogP contribution in [0.3, 0.4) is 0 Å². The first-order valence-electron chi connectivity index (χ1n) is 5.28. The van der Waals surface area contributed by atoms with Crippen LogP contribution >= 0.6 is 0 Å². The fraction of sp³-hybridized carbons (Fsp3) is 0.700. The fourth-order valence-corrected chi connectivity index (χ4v) is 1.73. The maximum atomic E-state index is 6.24. The lowest BCUT2D eigenvalue weighted by molar-refractivity contribution is 0.0574. The van der Waals surface area contributed by atoms with Crippen molar-refractivity contribution in [2.45, 2.75) is 18.4 Å². The zero-order chi connectivity index (χ0) is 10.7. The molecule has 5 nitrogen and oxygen atoms in total. The van der Waals surface area contributed by atoms with Crippen LogP contribution in [0.25, 0.3) is 0 Å². The summed E-state index contributed by atoms with van der Waals surface area (Å²) in [7, 11) is 1.90. The number of nitrogens with two attached hydrogens (primary N) is 1. The number of nitrogens with one attached hydrogen (secondary N) is 1. The number of aromatic nitrogens is 2. The number of hydrogen-bond donors (Lipinski definition) is 2. The first-order valence-corrected chi connectivity index (χ1v) is 5.28. The molecule has 0 aromatic carbocycles. The van der Waals surface area contributed by atoms with E-state index in [9.17, 15) is 0 Å². The van der Waals surface area contributed by atoms with Gasteiger partial charge in [0, 0.05) is 44.6 Å². The van der Waals surface area contributed by atoms with Crippen molar-refractivity contribution in [2.24, 2.45) is 12.8 Å². The number of ether oxygens (including phenoxy) is 1. The van der Waals surface area contributed by atoms with Gasteiger partial charge in [-0.25, -0.2) is 0 Å². The van der Waals surface area contributed by atoms with Gasteiger partial charge in [-0.1, -0.05) is 0 Å². The van der Waals surface area contributed by atoms with E-state index in [0.29, 0.717) is 0 Å². The largest absolute Gasteiger partial charge is 0.381 e. The molecule has 84 valence electrons. The van der Waals surface area contributed by atoms with Crippen LogP contribution in [0.15, 0.2) is 12.3 Å². The van der Waals surface area contributed by atoms with E-state index in [1.54, 1.807) is 4.68 Å². The van der Waals surface area contributed by atoms with E-state index in [0.717, 1.165) is 38.4 Å². The van der Waals surface area contributed by atoms with Crippen molar-refractivity contribution in [1.82, 2.24) is 9.78 Å². The summed E-state index contributed by atoms with van der Waals surface area (Å²) in [5.41, 5.74) is 6.09. The topological polar surface area (TPSA) is 65.1 Å². The van der Waals surface area contributed by atoms with Crippen LogP contribution in [-0.4, -0.2) is 35.1 Å². The molecular weight excluding hydrogens is 192 g/mol. The molecule has 0 spiro atoms. The van der Waals surface area contributed by atoms with Crippen molar-refractivity contribution >= 4 is 5.82 Å². The van der Waals surface area contributed by atoms with E-state index in [2.05, 4.69) is 10.4 Å². The molecule has 0 saturated carbocycles. The molecule has 1 saturated heterocycles. The Morgan fingerprint density at radius 3 is 2.93 bits per heavy atom. The van der Waals surface area contributed by atoms with Crippen LogP contribution in [0.4, 0.5) is 5.82 Å². The SMILES string of the molecule is Cn1ccc(NCC2(N)CCOCC2)n1. The number of anilines is 1. The van der Waals surface area contributed by atoms with Crippen molar-refractivity contribution in [3.63, 3.8) is 0 Å². The zero-order valence-electron chi connectivity index (χ0n) is 9.07. The maximum Gasteiger partial charge on any atom is 0.148 e. The third kappa shape index (κ3) is 2.70. The summed E-state index contributed by atoms with van der Waals surface area (Å²) in [4.78, 5) is 0. The lowest BCUT2D eigenvalue weighted by Crippen LogP contribution is -2.50. The van der Waals surface area contributed by atoms with Gasteiger partial charge in [-0.05, 0) is 12.8 Å². The van der Waals surface area contributed by atoms with Crippen molar-refractivity contribution in [1.29, 1.82) is 0 Å². The molecule has 1 aliphatic heterocycles. The van der Waals surface area contributed by atoms with Gasteiger partial charge in [-0.2, -0.15) is 5.10 Å². The van der Waals surface area contributed by atoms with Crippen molar-refractivity contribution < 1.29 is 4.74 Å². The average Bonchev–Trinajstić information content (AvgIpc) is 2.63. The normalized spacial score (nSPS) is 20.1. The molecule has 0 bridgehead atoms. The first-order chi connectivity index (χ1) is 7.18. The van der Waals surface area contributed by atoms with E-state index in [4.69, 9.17) is 10.5 Å². The maximum absolute atomic E-state index is 6.24. The summed E-state index contributed by atoms with van der Waals surface area (Å²) in [6.45, 7) is 2.29. The Balaban J connectivity index is 1.86. The molecular formula is C10H18N4O. The Bertz CT molecular complexity index is 317. The highest BCUT2D eigenvalue weighted by Crippen LogP contribution is 2.18. The molecule has 0 aliphatic carbocycles. The number of aryl methyl sites for hydroxylation is 1. The predicted octanol–water partition coefficient (Wildman–Crippen LogP) is 0.340. The van der Waals surface area contributed by atoms with Gasteiger partial charge in [0.05, 0.1) is 0 Å². The Hall–Kier alpha value is -1.07. The number of hydrogen-bond acceptors (Lipinski definition) is 4. The van der Waals surface area contributed by atoms with Gasteiger partial charge in [0.1, 0.15) is 5.82 Å². The smallest absolute Gasteiger partial charge is 0.148 e. The Morgan fingerprint density at radius 2 is 2.33 bits per heavy atom. The minimum Gasteiger partial charge on any atom is -0.381 e. The third-order valence-electron chi connectivity index (χ3n) is 2.82. The predicted molar refractivity (Wildman–Crippen MR) is 58.7 cm³/mol. The summed E-state index contributed by atoms with van der Waals surface area (Å²) in [6, 6.07) is 1.95. The molecule has 2 heterocycles. The molecule has 0 radical (unpaired) electrons. The van der Waals surface area contributed by atoms with Crippen LogP contribution in [-0.2, 0) is 11.8 Å². The minimum absolute atomic E-state index is 0.143. The van der Waals surface area contributed by atoms with Gasteiger partial charge < -0.3 is 15.8 Å². The lowest BCUT2D eigenvalue weighted by Gasteiger charge is -2.33. The van der Waals surface area contributed by atoms with Crippen LogP contribution in [0.2, 0.25) is 0 Å². The lowest BCUT2D eigenvalue weighted by atomic mass is 9.91. The summed E-state index contributed by atoms with van der Waals surface area (Å²) >= 11 is 0. The summed E-state index contributed by atoms with van der Waals surface area (Å²) < 4.78 is 7.07. The summed E-state index contributed by atoms with van der Waals surface area (Å²) in [5.74, 6) is 0.883. The second-order valence-corrected chi connectivity index (χ2v) is 4.20. The summed E-state index contributed by atoms with van der Waals surface area (Å²) in [5, 5.41) is 7.51. The molecule has 0 atom stereocenters. The Labute approximate surface area is 89.6 Å². The zero-order valence-corrected chi connectivity index (χ0v) is 9.07. The molecule has 15 heavy (non-hydrogen) atoms. The van der Waals surface area contributed by atoms with E-state index in [-0.39, 0.29) is 5.54 Å². The second-order valence-electron chi connectivity index (χ2n) is 4.20. The number of rotatable bonds is 3. The molecule has 1 aromatic heterocycles. The first kappa shape index (κ1) is 10.4. The monoisotopic (exact) mass is 210 g/mol. The quantitative estimate of drug-likeness (QED) is 0.755. The second kappa shape index (κ2) is 4.20. The minimum atomic E-state index is -0.143. The van der Waals surface area contributed by atoms with E-state index in [1.807, 2.05) is 19.3 Å². The van der Waals surface area contributed by atoms with Crippen LogP contribution in [0.1, 0.15) is 12.8 Å². The summed E-state index contributed by atoms with van der Waals surface area (Å²) in [6.07, 6.45) is 3.73. The van der Waals surface area contributed by atoms with Crippen molar-refractivity contribution in [3.05, 3.63) is 12.3 Å². The van der Waals surface area contributed by atoms with Crippen LogP contribution in [0.5, 0.6) is 0 Å². The van der Waals surface area contributed by atoms with Gasteiger partial charge >= 0.3 is 0 Å². The van der Waals surface area contributed by atoms with Gasteiger partial charge in [0.25, 0.3) is 0 Å². The van der Waals surface area contributed by atoms with Crippen molar-refractivity contribution in [2.75, 3.05) is 25.1 Å². The Morgan fingerprint density at radius 1 is 1.60 bits per heavy atom. The molecule has 5 heteroatoms. The van der Waals surface area contributed by atoms with Crippen LogP contribution in [0, 0.1) is 0 Å². The van der Waals surface area contributed by atoms with E-state index >= 15 is 0 Å². The molecule has 3 N–H and O–H groups in total. The highest BCUT2D eigenvalue weighted by molar-refractivity contribution is 5.32. The molecule has 0 unspecified atom stereocenters. The van der Waals surface area contributed by atoms with Gasteiger partial charge in [-0.3, -0.25) is 4.68 Å². The molecule has 1 aliphatic rings. The highest BCUT2D eigenvalue weighted by atomic mass is 16.5. The van der Waals surface area contributed by atoms with Crippen LogP contribution < -0.4 is 11.1 Å². The fourth-order valence-electron chi connectivity index (χ4n) is 1.73. The van der Waals surface area contributed by atoms with Gasteiger partial charge in [0.2, 0.25) is 0 Å². The van der Waals surface area contributed by atoms with E-state index in [1.165, 1.54) is 0 Å². The van der Waals surface area contributed by atoms with Gasteiger partial charge in [-0.15, -0.1) is 0 Å². The number of nitrogens with zero attached hydrogens (tertiary/aromatic N) is 2. The third-order valence-corrected chi connectivity index (χ3v) is 2.82. The molecule has 1 fully saturated rings. The highest BCUT2D eigenvalue weighted by Gasteiger charge is 2.27. The van der Waals surface area contributed by atoms with E-state index < -0.39 is 0 Å². The average molecular weight is 210 g/mol. The molecule has 0 amide bonds. The molecule has 1 aromatic rings. The standard InChI is InChI=1S/C10H18N4O/c1-14-5-2-9(13-14)12-8-10(11)3-6-15-7-4-10/h2,5H,3-4,6-8,11H2,1H3,(H,12,13). The molecule has 2 rings (SSSR count). The Kier molecular flexibility index (Phi) is 2.93. The van der Waals surface area contributed by atoms with Gasteiger partial charge in [0.15, 0.2) is 0 Å².